The molecule has 1 N–H and O–H groups in total. The molecule has 117 valence electrons. The fraction of sp³-hybridized carbons (Fsp3) is 0.400. The lowest BCUT2D eigenvalue weighted by Gasteiger charge is -2.29. The number of nitrogens with zero attached hydrogens (tertiary/aromatic N) is 1. The summed E-state index contributed by atoms with van der Waals surface area (Å²) in [6, 6.07) is 1.68. The third kappa shape index (κ3) is 2.53. The van der Waals surface area contributed by atoms with Gasteiger partial charge in [0.2, 0.25) is 0 Å². The van der Waals surface area contributed by atoms with Crippen LogP contribution >= 0.6 is 34.8 Å². The average molecular weight is 361 g/mol. The highest BCUT2D eigenvalue weighted by atomic mass is 35.5. The highest BCUT2D eigenvalue weighted by molar-refractivity contribution is 6.38. The van der Waals surface area contributed by atoms with E-state index in [2.05, 4.69) is 16.4 Å². The number of alkyl halides is 1. The number of H-pyrrole nitrogens is 1. The maximum absolute atomic E-state index is 6.58. The monoisotopic (exact) mass is 359 g/mol. The molecule has 4 nitrogen and oxygen atoms in total. The van der Waals surface area contributed by atoms with E-state index in [4.69, 9.17) is 44.3 Å². The molecule has 1 aromatic heterocycles. The zero-order valence-corrected chi connectivity index (χ0v) is 14.3. The number of methoxy groups -OCH3 is 2. The molecule has 2 unspecified atom stereocenters. The van der Waals surface area contributed by atoms with Gasteiger partial charge in [-0.15, -0.1) is 11.6 Å². The van der Waals surface area contributed by atoms with E-state index in [0.29, 0.717) is 34.4 Å². The fourth-order valence-electron chi connectivity index (χ4n) is 2.83. The third-order valence-corrected chi connectivity index (χ3v) is 5.22. The molecule has 0 aliphatic heterocycles. The molecule has 1 radical (unpaired) electrons. The van der Waals surface area contributed by atoms with E-state index in [-0.39, 0.29) is 11.3 Å². The van der Waals surface area contributed by atoms with Crippen LogP contribution in [0, 0.1) is 6.20 Å². The quantitative estimate of drug-likeness (QED) is 0.841. The number of rotatable bonds is 3. The summed E-state index contributed by atoms with van der Waals surface area (Å²) >= 11 is 19.5. The lowest BCUT2D eigenvalue weighted by atomic mass is 9.82. The average Bonchev–Trinajstić information content (AvgIpc) is 2.95. The highest BCUT2D eigenvalue weighted by Gasteiger charge is 2.34. The van der Waals surface area contributed by atoms with Gasteiger partial charge in [0, 0.05) is 34.2 Å². The molecule has 7 heteroatoms. The highest BCUT2D eigenvalue weighted by Crippen LogP contribution is 2.48. The topological polar surface area (TPSA) is 47.1 Å². The normalized spacial score (nSPS) is 20.6. The van der Waals surface area contributed by atoms with E-state index in [9.17, 15) is 0 Å². The molecule has 22 heavy (non-hydrogen) atoms. The van der Waals surface area contributed by atoms with Crippen molar-refractivity contribution < 1.29 is 9.47 Å². The maximum atomic E-state index is 6.58. The summed E-state index contributed by atoms with van der Waals surface area (Å²) in [6.07, 6.45) is 4.25. The second kappa shape index (κ2) is 6.19. The van der Waals surface area contributed by atoms with E-state index in [1.54, 1.807) is 20.3 Å². The van der Waals surface area contributed by atoms with Gasteiger partial charge in [0.25, 0.3) is 0 Å². The van der Waals surface area contributed by atoms with E-state index in [1.165, 1.54) is 0 Å². The van der Waals surface area contributed by atoms with Crippen LogP contribution in [-0.2, 0) is 12.8 Å². The van der Waals surface area contributed by atoms with Crippen LogP contribution in [0.4, 0.5) is 0 Å². The number of ether oxygens (including phenoxy) is 2. The summed E-state index contributed by atoms with van der Waals surface area (Å²) in [4.78, 5) is 0. The summed E-state index contributed by atoms with van der Waals surface area (Å²) in [5, 5.41) is 7.69. The van der Waals surface area contributed by atoms with Crippen LogP contribution in [0.5, 0.6) is 11.5 Å². The minimum absolute atomic E-state index is 0.0629. The number of halogens is 3. The molecule has 0 spiro atoms. The number of benzene rings is 1. The summed E-state index contributed by atoms with van der Waals surface area (Å²) in [5.41, 5.74) is 2.77. The lowest BCUT2D eigenvalue weighted by Crippen LogP contribution is -2.24. The van der Waals surface area contributed by atoms with Crippen molar-refractivity contribution in [3.8, 4) is 11.5 Å². The first-order valence-corrected chi connectivity index (χ1v) is 7.93. The molecule has 3 rings (SSSR count). The number of fused-ring (bicyclic) bond motifs is 1. The summed E-state index contributed by atoms with van der Waals surface area (Å²) < 4.78 is 10.6. The first kappa shape index (κ1) is 15.8. The van der Waals surface area contributed by atoms with Crippen molar-refractivity contribution in [3.05, 3.63) is 39.1 Å². The molecule has 2 aromatic rings. The van der Waals surface area contributed by atoms with Crippen LogP contribution in [0.15, 0.2) is 6.07 Å². The first-order valence-electron chi connectivity index (χ1n) is 6.74. The Balaban J connectivity index is 2.11. The van der Waals surface area contributed by atoms with Crippen LogP contribution in [0.3, 0.4) is 0 Å². The zero-order valence-electron chi connectivity index (χ0n) is 12.0. The molecule has 1 aliphatic rings. The predicted molar refractivity (Wildman–Crippen MR) is 86.8 cm³/mol. The predicted octanol–water partition coefficient (Wildman–Crippen LogP) is 4.02. The van der Waals surface area contributed by atoms with Crippen LogP contribution in [0.25, 0.3) is 0 Å². The standard InChI is InChI=1S/C15H14Cl3N2O2/c1-21-11-5-12(22-2)15(18)13(14(11)17)8-4-10-7(3-9(8)16)6-19-20-10/h5,8-9H,3-4H2,1-2H3,(H,19,20). The van der Waals surface area contributed by atoms with Crippen molar-refractivity contribution in [2.24, 2.45) is 0 Å². The third-order valence-electron chi connectivity index (χ3n) is 3.98. The second-order valence-electron chi connectivity index (χ2n) is 5.15. The van der Waals surface area contributed by atoms with Gasteiger partial charge in [-0.05, 0) is 12.8 Å². The molecular weight excluding hydrogens is 347 g/mol. The Bertz CT molecular complexity index is 674. The molecule has 1 aliphatic carbocycles. The zero-order chi connectivity index (χ0) is 15.9. The van der Waals surface area contributed by atoms with Crippen LogP contribution in [0.1, 0.15) is 22.7 Å². The van der Waals surface area contributed by atoms with Crippen molar-refractivity contribution in [2.75, 3.05) is 14.2 Å². The van der Waals surface area contributed by atoms with Gasteiger partial charge in [0.1, 0.15) is 17.7 Å². The SMILES string of the molecule is COc1cc(OC)c(Cl)c(C2Cc3[nH]n[c]c3CC2Cl)c1Cl. The molecule has 1 heterocycles. The first-order chi connectivity index (χ1) is 10.6. The summed E-state index contributed by atoms with van der Waals surface area (Å²) in [7, 11) is 3.11. The number of nitrogens with one attached hydrogen (secondary N) is 1. The van der Waals surface area contributed by atoms with Crippen LogP contribution in [-0.4, -0.2) is 29.8 Å². The van der Waals surface area contributed by atoms with E-state index < -0.39 is 0 Å². The van der Waals surface area contributed by atoms with Gasteiger partial charge in [-0.25, -0.2) is 0 Å². The Morgan fingerprint density at radius 3 is 2.41 bits per heavy atom. The summed E-state index contributed by atoms with van der Waals surface area (Å²) in [5.74, 6) is 0.972. The molecule has 0 fully saturated rings. The van der Waals surface area contributed by atoms with Gasteiger partial charge in [-0.1, -0.05) is 23.2 Å². The molecule has 1 aromatic carbocycles. The van der Waals surface area contributed by atoms with E-state index >= 15 is 0 Å². The minimum Gasteiger partial charge on any atom is -0.495 e. The fourth-order valence-corrected chi connectivity index (χ4v) is 3.98. The van der Waals surface area contributed by atoms with Gasteiger partial charge in [0.15, 0.2) is 0 Å². The van der Waals surface area contributed by atoms with Crippen LogP contribution < -0.4 is 9.47 Å². The molecule has 0 saturated heterocycles. The van der Waals surface area contributed by atoms with Crippen molar-refractivity contribution in [2.45, 2.75) is 24.1 Å². The summed E-state index contributed by atoms with van der Waals surface area (Å²) in [6.45, 7) is 0. The molecule has 0 saturated carbocycles. The Kier molecular flexibility index (Phi) is 4.44. The molecule has 0 bridgehead atoms. The minimum atomic E-state index is -0.159. The lowest BCUT2D eigenvalue weighted by molar-refractivity contribution is 0.392. The number of hydrogen-bond acceptors (Lipinski definition) is 3. The van der Waals surface area contributed by atoms with Gasteiger partial charge >= 0.3 is 0 Å². The number of aromatic nitrogens is 2. The Morgan fingerprint density at radius 2 is 1.82 bits per heavy atom. The molecule has 2 atom stereocenters. The Hall–Kier alpha value is -1.10. The van der Waals surface area contributed by atoms with Gasteiger partial charge in [-0.3, -0.25) is 5.10 Å². The largest absolute Gasteiger partial charge is 0.495 e. The number of hydrogen-bond donors (Lipinski definition) is 1. The van der Waals surface area contributed by atoms with Gasteiger partial charge < -0.3 is 9.47 Å². The van der Waals surface area contributed by atoms with Gasteiger partial charge in [-0.2, -0.15) is 5.10 Å². The molecular formula is C15H14Cl3N2O2. The second-order valence-corrected chi connectivity index (χ2v) is 6.46. The Morgan fingerprint density at radius 1 is 1.18 bits per heavy atom. The van der Waals surface area contributed by atoms with Crippen molar-refractivity contribution >= 4 is 34.8 Å². The van der Waals surface area contributed by atoms with E-state index in [1.807, 2.05) is 0 Å². The molecule has 0 amide bonds. The van der Waals surface area contributed by atoms with Crippen molar-refractivity contribution in [1.82, 2.24) is 10.2 Å². The van der Waals surface area contributed by atoms with Crippen molar-refractivity contribution in [1.29, 1.82) is 0 Å². The van der Waals surface area contributed by atoms with Crippen LogP contribution in [0.2, 0.25) is 10.0 Å². The number of aromatic amines is 1. The maximum Gasteiger partial charge on any atom is 0.141 e. The smallest absolute Gasteiger partial charge is 0.141 e. The van der Waals surface area contributed by atoms with E-state index in [0.717, 1.165) is 16.8 Å². The van der Waals surface area contributed by atoms with Gasteiger partial charge in [0.05, 0.1) is 24.3 Å². The van der Waals surface area contributed by atoms with Crippen molar-refractivity contribution in [3.63, 3.8) is 0 Å². The Labute approximate surface area is 143 Å².